The molecule has 11 heavy (non-hydrogen) atoms. The Hall–Kier alpha value is -0.260. The molecule has 0 bridgehead atoms. The van der Waals surface area contributed by atoms with Gasteiger partial charge in [-0.3, -0.25) is 0 Å². The summed E-state index contributed by atoms with van der Waals surface area (Å²) >= 11 is 0. The predicted molar refractivity (Wildman–Crippen MR) is 37.4 cm³/mol. The normalized spacial score (nSPS) is 9.09. The van der Waals surface area contributed by atoms with Gasteiger partial charge >= 0.3 is 0 Å². The molecular formula is C7H12IN3. The number of rotatable bonds is 0. The summed E-state index contributed by atoms with van der Waals surface area (Å²) < 4.78 is 1.97. The van der Waals surface area contributed by atoms with Crippen LogP contribution in [0.25, 0.3) is 0 Å². The number of aryl methyl sites for hydroxylation is 3. The average Bonchev–Trinajstić information content (AvgIpc) is 1.82. The lowest BCUT2D eigenvalue weighted by molar-refractivity contribution is -0.690. The number of hydrogen-bond donors (Lipinski definition) is 0. The van der Waals surface area contributed by atoms with Crippen LogP contribution in [0.3, 0.4) is 0 Å². The monoisotopic (exact) mass is 265 g/mol. The number of aromatic nitrogens is 3. The van der Waals surface area contributed by atoms with Crippen molar-refractivity contribution < 1.29 is 28.5 Å². The van der Waals surface area contributed by atoms with E-state index in [-0.39, 0.29) is 24.0 Å². The highest BCUT2D eigenvalue weighted by molar-refractivity contribution is 4.83. The summed E-state index contributed by atoms with van der Waals surface area (Å²) in [4.78, 5) is 8.37. The molecule has 0 aliphatic carbocycles. The first-order valence-electron chi connectivity index (χ1n) is 3.29. The molecule has 0 unspecified atom stereocenters. The van der Waals surface area contributed by atoms with Crippen molar-refractivity contribution in [2.24, 2.45) is 7.05 Å². The molecule has 0 atom stereocenters. The molecule has 1 aromatic rings. The number of halogens is 1. The second-order valence-electron chi connectivity index (χ2n) is 2.42. The van der Waals surface area contributed by atoms with E-state index in [9.17, 15) is 0 Å². The van der Waals surface area contributed by atoms with E-state index in [1.165, 1.54) is 0 Å². The van der Waals surface area contributed by atoms with Gasteiger partial charge in [0.2, 0.25) is 11.6 Å². The molecule has 62 valence electrons. The first kappa shape index (κ1) is 10.7. The van der Waals surface area contributed by atoms with E-state index in [1.807, 2.05) is 32.4 Å². The van der Waals surface area contributed by atoms with Gasteiger partial charge in [0.25, 0.3) is 5.82 Å². The molecule has 0 saturated heterocycles. The minimum absolute atomic E-state index is 0. The average molecular weight is 265 g/mol. The van der Waals surface area contributed by atoms with Crippen LogP contribution in [0.4, 0.5) is 0 Å². The minimum atomic E-state index is 0. The van der Waals surface area contributed by atoms with E-state index in [1.54, 1.807) is 0 Å². The molecule has 3 nitrogen and oxygen atoms in total. The van der Waals surface area contributed by atoms with Gasteiger partial charge in [0.1, 0.15) is 0 Å². The first-order valence-corrected chi connectivity index (χ1v) is 3.29. The fourth-order valence-electron chi connectivity index (χ4n) is 0.877. The molecule has 1 rings (SSSR count). The fourth-order valence-corrected chi connectivity index (χ4v) is 0.877. The van der Waals surface area contributed by atoms with Crippen LogP contribution in [0.5, 0.6) is 0 Å². The second-order valence-corrected chi connectivity index (χ2v) is 2.42. The van der Waals surface area contributed by atoms with Crippen LogP contribution in [-0.4, -0.2) is 9.97 Å². The molecule has 0 aliphatic heterocycles. The van der Waals surface area contributed by atoms with E-state index in [2.05, 4.69) is 9.97 Å². The van der Waals surface area contributed by atoms with Gasteiger partial charge in [-0.05, 0) is 0 Å². The van der Waals surface area contributed by atoms with Gasteiger partial charge in [0.05, 0.1) is 7.05 Å². The van der Waals surface area contributed by atoms with Gasteiger partial charge in [0, 0.05) is 20.8 Å². The lowest BCUT2D eigenvalue weighted by Crippen LogP contribution is -3.00. The topological polar surface area (TPSA) is 29.7 Å². The zero-order valence-electron chi connectivity index (χ0n) is 7.22. The Morgan fingerprint density at radius 1 is 1.00 bits per heavy atom. The molecular weight excluding hydrogens is 253 g/mol. The largest absolute Gasteiger partial charge is 1.00 e. The SMILES string of the molecule is Cc1nc(C)[n+](C)c(C)n1.[I-]. The van der Waals surface area contributed by atoms with Crippen molar-refractivity contribution in [1.29, 1.82) is 0 Å². The maximum atomic E-state index is 4.19. The standard InChI is InChI=1S/C7H12N3.HI/c1-5-8-6(2)10(4)7(3)9-5;/h1-4H3;1H/q+1;/p-1. The molecule has 0 saturated carbocycles. The van der Waals surface area contributed by atoms with Crippen molar-refractivity contribution in [3.05, 3.63) is 17.5 Å². The van der Waals surface area contributed by atoms with Gasteiger partial charge in [0.15, 0.2) is 0 Å². The van der Waals surface area contributed by atoms with E-state index >= 15 is 0 Å². The fraction of sp³-hybridized carbons (Fsp3) is 0.571. The summed E-state index contributed by atoms with van der Waals surface area (Å²) in [6, 6.07) is 0. The van der Waals surface area contributed by atoms with Gasteiger partial charge < -0.3 is 24.0 Å². The zero-order chi connectivity index (χ0) is 7.72. The molecule has 0 aromatic carbocycles. The third-order valence-electron chi connectivity index (χ3n) is 1.62. The van der Waals surface area contributed by atoms with E-state index in [4.69, 9.17) is 0 Å². The summed E-state index contributed by atoms with van der Waals surface area (Å²) in [5, 5.41) is 0. The highest BCUT2D eigenvalue weighted by Gasteiger charge is 2.07. The first-order chi connectivity index (χ1) is 4.61. The van der Waals surface area contributed by atoms with Crippen molar-refractivity contribution in [3.63, 3.8) is 0 Å². The van der Waals surface area contributed by atoms with Crippen LogP contribution in [0.15, 0.2) is 0 Å². The summed E-state index contributed by atoms with van der Waals surface area (Å²) in [6.45, 7) is 5.85. The Kier molecular flexibility index (Phi) is 3.85. The van der Waals surface area contributed by atoms with Crippen LogP contribution in [0, 0.1) is 20.8 Å². The van der Waals surface area contributed by atoms with Crippen molar-refractivity contribution in [2.75, 3.05) is 0 Å². The third-order valence-corrected chi connectivity index (χ3v) is 1.62. The molecule has 0 aliphatic rings. The Labute approximate surface area is 83.9 Å². The van der Waals surface area contributed by atoms with Crippen LogP contribution in [-0.2, 0) is 7.05 Å². The third kappa shape index (κ3) is 2.36. The van der Waals surface area contributed by atoms with Crippen LogP contribution < -0.4 is 28.5 Å². The van der Waals surface area contributed by atoms with E-state index < -0.39 is 0 Å². The highest BCUT2D eigenvalue weighted by atomic mass is 127. The molecule has 0 radical (unpaired) electrons. The Balaban J connectivity index is 0.000001000. The second kappa shape index (κ2) is 3.94. The highest BCUT2D eigenvalue weighted by Crippen LogP contribution is 1.87. The van der Waals surface area contributed by atoms with E-state index in [0.29, 0.717) is 0 Å². The Bertz CT molecular complexity index is 237. The molecule has 1 aromatic heterocycles. The maximum absolute atomic E-state index is 4.19. The number of hydrogen-bond acceptors (Lipinski definition) is 2. The Morgan fingerprint density at radius 3 is 1.73 bits per heavy atom. The molecule has 0 N–H and O–H groups in total. The van der Waals surface area contributed by atoms with Crippen molar-refractivity contribution in [2.45, 2.75) is 20.8 Å². The lowest BCUT2D eigenvalue weighted by Gasteiger charge is -1.96. The van der Waals surface area contributed by atoms with E-state index in [0.717, 1.165) is 17.5 Å². The number of nitrogens with zero attached hydrogens (tertiary/aromatic N) is 3. The lowest BCUT2D eigenvalue weighted by atomic mass is 10.5. The molecule has 4 heteroatoms. The summed E-state index contributed by atoms with van der Waals surface area (Å²) in [7, 11) is 1.96. The van der Waals surface area contributed by atoms with Crippen molar-refractivity contribution >= 4 is 0 Å². The van der Waals surface area contributed by atoms with Gasteiger partial charge in [-0.15, -0.1) is 0 Å². The summed E-state index contributed by atoms with van der Waals surface area (Å²) in [5.41, 5.74) is 0. The van der Waals surface area contributed by atoms with Crippen molar-refractivity contribution in [3.8, 4) is 0 Å². The van der Waals surface area contributed by atoms with Gasteiger partial charge in [-0.1, -0.05) is 9.97 Å². The quantitative estimate of drug-likeness (QED) is 0.375. The smallest absolute Gasteiger partial charge is 0.273 e. The van der Waals surface area contributed by atoms with Gasteiger partial charge in [-0.25, -0.2) is 4.57 Å². The molecule has 0 amide bonds. The minimum Gasteiger partial charge on any atom is -1.00 e. The van der Waals surface area contributed by atoms with Gasteiger partial charge in [-0.2, -0.15) is 0 Å². The summed E-state index contributed by atoms with van der Waals surface area (Å²) in [5.74, 6) is 2.85. The molecule has 0 spiro atoms. The summed E-state index contributed by atoms with van der Waals surface area (Å²) in [6.07, 6.45) is 0. The van der Waals surface area contributed by atoms with Crippen molar-refractivity contribution in [1.82, 2.24) is 9.97 Å². The zero-order valence-corrected chi connectivity index (χ0v) is 9.38. The van der Waals surface area contributed by atoms with Crippen LogP contribution >= 0.6 is 0 Å². The molecule has 0 fully saturated rings. The molecule has 1 heterocycles. The Morgan fingerprint density at radius 2 is 1.36 bits per heavy atom. The van der Waals surface area contributed by atoms with Crippen LogP contribution in [0.1, 0.15) is 17.5 Å². The predicted octanol–water partition coefficient (Wildman–Crippen LogP) is -2.77. The van der Waals surface area contributed by atoms with Crippen LogP contribution in [0.2, 0.25) is 0 Å². The maximum Gasteiger partial charge on any atom is 0.273 e.